The summed E-state index contributed by atoms with van der Waals surface area (Å²) in [5, 5.41) is 0. The van der Waals surface area contributed by atoms with E-state index in [0.29, 0.717) is 0 Å². The molecule has 3 heteroatoms. The van der Waals surface area contributed by atoms with Gasteiger partial charge < -0.3 is 6.42 Å². The van der Waals surface area contributed by atoms with E-state index in [4.69, 9.17) is 0 Å². The molecule has 0 amide bonds. The Labute approximate surface area is 107 Å². The van der Waals surface area contributed by atoms with Gasteiger partial charge in [0.05, 0.1) is 0 Å². The van der Waals surface area contributed by atoms with E-state index in [2.05, 4.69) is 27.2 Å². The van der Waals surface area contributed by atoms with Crippen LogP contribution in [-0.4, -0.2) is 0 Å². The van der Waals surface area contributed by atoms with Crippen LogP contribution in [0.5, 0.6) is 0 Å². The Kier molecular flexibility index (Phi) is 37.1. The summed E-state index contributed by atoms with van der Waals surface area (Å²) >= 11 is 0. The average Bonchev–Trinajstić information content (AvgIpc) is 1.83. The maximum atomic E-state index is 2.31. The molecule has 0 aromatic rings. The van der Waals surface area contributed by atoms with Crippen LogP contribution in [-0.2, 0) is 55.7 Å². The summed E-state index contributed by atoms with van der Waals surface area (Å²) in [4.78, 5) is 0. The fourth-order valence-corrected chi connectivity index (χ4v) is 0.655. The van der Waals surface area contributed by atoms with E-state index in [1.807, 2.05) is 0 Å². The molecule has 0 N–H and O–H groups in total. The van der Waals surface area contributed by atoms with Crippen LogP contribution in [0.15, 0.2) is 0 Å². The van der Waals surface area contributed by atoms with E-state index >= 15 is 0 Å². The smallest absolute Gasteiger partial charge is 0 e. The van der Waals surface area contributed by atoms with E-state index < -0.39 is 0 Å². The average molecular weight is 266 g/mol. The Morgan fingerprint density at radius 2 is 1.64 bits per heavy atom. The third-order valence-corrected chi connectivity index (χ3v) is 1.65. The number of hydrogen-bond donors (Lipinski definition) is 0. The maximum Gasteiger partial charge on any atom is 0 e. The zero-order valence-electron chi connectivity index (χ0n) is 7.62. The Balaban J connectivity index is -0.0000000817. The fourth-order valence-electron chi connectivity index (χ4n) is 0.655. The second kappa shape index (κ2) is 17.7. The van der Waals surface area contributed by atoms with Gasteiger partial charge in [-0.25, -0.2) is 0 Å². The summed E-state index contributed by atoms with van der Waals surface area (Å²) in [6, 6.07) is 0. The maximum absolute atomic E-state index is 2.31. The molecule has 0 bridgehead atoms. The second-order valence-electron chi connectivity index (χ2n) is 2.50. The van der Waals surface area contributed by atoms with Crippen molar-refractivity contribution >= 4 is 0 Å². The van der Waals surface area contributed by atoms with Crippen molar-refractivity contribution in [3.05, 3.63) is 6.42 Å². The first-order chi connectivity index (χ1) is 3.81. The predicted molar refractivity (Wildman–Crippen MR) is 38.7 cm³/mol. The van der Waals surface area contributed by atoms with Crippen LogP contribution in [0.4, 0.5) is 0 Å². The molecule has 0 aliphatic heterocycles. The van der Waals surface area contributed by atoms with Crippen LogP contribution in [0.3, 0.4) is 0 Å². The molecule has 0 spiro atoms. The monoisotopic (exact) mass is 266 g/mol. The summed E-state index contributed by atoms with van der Waals surface area (Å²) < 4.78 is 0. The SMILES string of the molecule is C[CH-]CCC(C)CC.[V].[V].[V]. The van der Waals surface area contributed by atoms with Gasteiger partial charge in [-0.15, -0.1) is 0 Å². The topological polar surface area (TPSA) is 0 Å². The molecule has 0 heterocycles. The molecule has 1 unspecified atom stereocenters. The molecular weight excluding hydrogens is 249 g/mol. The number of hydrogen-bond acceptors (Lipinski definition) is 0. The van der Waals surface area contributed by atoms with Crippen LogP contribution in [0.1, 0.15) is 40.0 Å². The molecule has 0 fully saturated rings. The van der Waals surface area contributed by atoms with Crippen molar-refractivity contribution in [1.29, 1.82) is 0 Å². The summed E-state index contributed by atoms with van der Waals surface area (Å²) in [6.45, 7) is 6.69. The first-order valence-electron chi connectivity index (χ1n) is 3.59. The van der Waals surface area contributed by atoms with Gasteiger partial charge in [-0.2, -0.15) is 13.3 Å². The summed E-state index contributed by atoms with van der Waals surface area (Å²) in [5.41, 5.74) is 0. The zero-order valence-corrected chi connectivity index (χ0v) is 11.8. The molecule has 11 heavy (non-hydrogen) atoms. The van der Waals surface area contributed by atoms with E-state index in [9.17, 15) is 0 Å². The Morgan fingerprint density at radius 3 is 1.91 bits per heavy atom. The molecule has 0 rings (SSSR count). The Bertz CT molecular complexity index is 48.6. The first-order valence-corrected chi connectivity index (χ1v) is 3.59. The van der Waals surface area contributed by atoms with Gasteiger partial charge in [-0.3, -0.25) is 0 Å². The van der Waals surface area contributed by atoms with Gasteiger partial charge in [0.1, 0.15) is 0 Å². The molecule has 0 nitrogen and oxygen atoms in total. The fraction of sp³-hybridized carbons (Fsp3) is 0.875. The van der Waals surface area contributed by atoms with Gasteiger partial charge in [-0.05, 0) is 5.92 Å². The summed E-state index contributed by atoms with van der Waals surface area (Å²) in [5.74, 6) is 0.922. The van der Waals surface area contributed by atoms with Crippen molar-refractivity contribution in [1.82, 2.24) is 0 Å². The first kappa shape index (κ1) is 23.0. The second-order valence-corrected chi connectivity index (χ2v) is 2.50. The van der Waals surface area contributed by atoms with Crippen LogP contribution >= 0.6 is 0 Å². The molecular formula is C8H17V3-. The molecule has 3 radical (unpaired) electrons. The van der Waals surface area contributed by atoms with Gasteiger partial charge in [0.25, 0.3) is 0 Å². The van der Waals surface area contributed by atoms with Gasteiger partial charge in [-0.1, -0.05) is 26.7 Å². The minimum atomic E-state index is 0. The van der Waals surface area contributed by atoms with Crippen LogP contribution in [0, 0.1) is 12.3 Å². The van der Waals surface area contributed by atoms with Crippen molar-refractivity contribution in [3.8, 4) is 0 Å². The van der Waals surface area contributed by atoms with Crippen molar-refractivity contribution in [2.45, 2.75) is 40.0 Å². The number of unbranched alkanes of at least 4 members (excludes halogenated alkanes) is 1. The largest absolute Gasteiger partial charge is 0.332 e. The molecule has 0 saturated carbocycles. The van der Waals surface area contributed by atoms with Crippen molar-refractivity contribution in [3.63, 3.8) is 0 Å². The van der Waals surface area contributed by atoms with Gasteiger partial charge in [0, 0.05) is 55.7 Å². The molecule has 0 aliphatic carbocycles. The van der Waals surface area contributed by atoms with Gasteiger partial charge in [0.2, 0.25) is 0 Å². The van der Waals surface area contributed by atoms with E-state index in [-0.39, 0.29) is 55.7 Å². The zero-order chi connectivity index (χ0) is 6.41. The van der Waals surface area contributed by atoms with Gasteiger partial charge in [0.15, 0.2) is 0 Å². The van der Waals surface area contributed by atoms with Crippen LogP contribution in [0.2, 0.25) is 0 Å². The standard InChI is InChI=1S/C8H17.3V/c1-4-6-7-8(3)5-2;;;/h4,8H,5-7H2,1-3H3;;;/q-1;;;. The van der Waals surface area contributed by atoms with Crippen molar-refractivity contribution < 1.29 is 55.7 Å². The quantitative estimate of drug-likeness (QED) is 0.686. The molecule has 0 aromatic heterocycles. The van der Waals surface area contributed by atoms with E-state index in [1.54, 1.807) is 0 Å². The Morgan fingerprint density at radius 1 is 1.18 bits per heavy atom. The number of rotatable bonds is 4. The minimum absolute atomic E-state index is 0. The van der Waals surface area contributed by atoms with Crippen molar-refractivity contribution in [2.75, 3.05) is 0 Å². The summed E-state index contributed by atoms with van der Waals surface area (Å²) in [6.07, 6.45) is 6.22. The predicted octanol–water partition coefficient (Wildman–Crippen LogP) is 3.03. The van der Waals surface area contributed by atoms with Gasteiger partial charge >= 0.3 is 0 Å². The third-order valence-electron chi connectivity index (χ3n) is 1.65. The molecule has 0 aliphatic rings. The molecule has 0 saturated heterocycles. The molecule has 0 aromatic carbocycles. The minimum Gasteiger partial charge on any atom is -0.332 e. The molecule has 1 atom stereocenters. The molecule has 65 valence electrons. The van der Waals surface area contributed by atoms with E-state index in [1.165, 1.54) is 19.3 Å². The van der Waals surface area contributed by atoms with E-state index in [0.717, 1.165) is 5.92 Å². The normalized spacial score (nSPS) is 10.1. The van der Waals surface area contributed by atoms with Crippen molar-refractivity contribution in [2.24, 2.45) is 5.92 Å². The van der Waals surface area contributed by atoms with Crippen LogP contribution in [0.25, 0.3) is 0 Å². The van der Waals surface area contributed by atoms with Crippen LogP contribution < -0.4 is 0 Å². The Hall–Kier alpha value is 1.75. The summed E-state index contributed by atoms with van der Waals surface area (Å²) in [7, 11) is 0. The third kappa shape index (κ3) is 18.6.